The lowest BCUT2D eigenvalue weighted by molar-refractivity contribution is 0.233. The molecule has 2 aromatic rings. The second-order valence-corrected chi connectivity index (χ2v) is 5.80. The highest BCUT2D eigenvalue weighted by Gasteiger charge is 2.12. The van der Waals surface area contributed by atoms with Gasteiger partial charge in [0.15, 0.2) is 0 Å². The van der Waals surface area contributed by atoms with Gasteiger partial charge in [-0.25, -0.2) is 4.98 Å². The van der Waals surface area contributed by atoms with Crippen molar-refractivity contribution in [3.63, 3.8) is 0 Å². The molecule has 0 amide bonds. The highest BCUT2D eigenvalue weighted by molar-refractivity contribution is 7.18. The average molecular weight is 268 g/mol. The third-order valence-electron chi connectivity index (χ3n) is 2.96. The van der Waals surface area contributed by atoms with E-state index >= 15 is 0 Å². The van der Waals surface area contributed by atoms with Gasteiger partial charge in [0.1, 0.15) is 5.01 Å². The monoisotopic (exact) mass is 267 g/mol. The summed E-state index contributed by atoms with van der Waals surface area (Å²) in [4.78, 5) is 7.08. The van der Waals surface area contributed by atoms with Crippen LogP contribution in [0.25, 0.3) is 10.2 Å². The summed E-state index contributed by atoms with van der Waals surface area (Å²) >= 11 is 7.73. The molecule has 0 bridgehead atoms. The predicted octanol–water partition coefficient (Wildman–Crippen LogP) is 2.35. The molecule has 1 aliphatic heterocycles. The van der Waals surface area contributed by atoms with Crippen LogP contribution in [0.2, 0.25) is 5.02 Å². The Balaban J connectivity index is 1.80. The average Bonchev–Trinajstić information content (AvgIpc) is 2.71. The molecule has 1 saturated heterocycles. The minimum absolute atomic E-state index is 0.761. The number of thiazole rings is 1. The van der Waals surface area contributed by atoms with Gasteiger partial charge >= 0.3 is 0 Å². The van der Waals surface area contributed by atoms with Crippen molar-refractivity contribution in [1.82, 2.24) is 15.2 Å². The second-order valence-electron chi connectivity index (χ2n) is 4.25. The normalized spacial score (nSPS) is 17.7. The van der Waals surface area contributed by atoms with Crippen LogP contribution in [0, 0.1) is 0 Å². The molecule has 1 fully saturated rings. The molecular weight excluding hydrogens is 254 g/mol. The largest absolute Gasteiger partial charge is 0.314 e. The zero-order chi connectivity index (χ0) is 11.7. The summed E-state index contributed by atoms with van der Waals surface area (Å²) < 4.78 is 1.22. The van der Waals surface area contributed by atoms with Crippen LogP contribution in [0.1, 0.15) is 5.01 Å². The lowest BCUT2D eigenvalue weighted by atomic mass is 10.3. The van der Waals surface area contributed by atoms with Crippen molar-refractivity contribution >= 4 is 33.2 Å². The van der Waals surface area contributed by atoms with E-state index in [1.165, 1.54) is 9.71 Å². The van der Waals surface area contributed by atoms with Crippen molar-refractivity contribution < 1.29 is 0 Å². The molecule has 3 rings (SSSR count). The van der Waals surface area contributed by atoms with Crippen molar-refractivity contribution in [1.29, 1.82) is 0 Å². The molecule has 0 spiro atoms. The Morgan fingerprint density at radius 1 is 1.35 bits per heavy atom. The van der Waals surface area contributed by atoms with E-state index in [-0.39, 0.29) is 0 Å². The topological polar surface area (TPSA) is 28.2 Å². The maximum atomic E-state index is 5.97. The number of hydrogen-bond acceptors (Lipinski definition) is 4. The summed E-state index contributed by atoms with van der Waals surface area (Å²) in [5, 5.41) is 5.30. The van der Waals surface area contributed by atoms with E-state index in [2.05, 4.69) is 21.3 Å². The van der Waals surface area contributed by atoms with Crippen LogP contribution in [-0.4, -0.2) is 36.1 Å². The number of halogens is 1. The van der Waals surface area contributed by atoms with Crippen LogP contribution >= 0.6 is 22.9 Å². The Labute approximate surface area is 109 Å². The number of piperazine rings is 1. The molecular formula is C12H14ClN3S. The van der Waals surface area contributed by atoms with Crippen LogP contribution in [0.5, 0.6) is 0 Å². The van der Waals surface area contributed by atoms with Crippen molar-refractivity contribution in [2.24, 2.45) is 0 Å². The standard InChI is InChI=1S/C12H14ClN3S/c13-9-1-2-11-10(7-9)15-12(17-11)8-16-5-3-14-4-6-16/h1-2,7,14H,3-6,8H2. The number of benzene rings is 1. The van der Waals surface area contributed by atoms with Gasteiger partial charge in [-0.2, -0.15) is 0 Å². The maximum Gasteiger partial charge on any atom is 0.108 e. The van der Waals surface area contributed by atoms with Crippen LogP contribution < -0.4 is 5.32 Å². The van der Waals surface area contributed by atoms with Gasteiger partial charge in [0, 0.05) is 31.2 Å². The number of aromatic nitrogens is 1. The van der Waals surface area contributed by atoms with E-state index in [9.17, 15) is 0 Å². The molecule has 0 saturated carbocycles. The van der Waals surface area contributed by atoms with Crippen molar-refractivity contribution in [2.45, 2.75) is 6.54 Å². The Morgan fingerprint density at radius 3 is 3.00 bits per heavy atom. The smallest absolute Gasteiger partial charge is 0.108 e. The molecule has 17 heavy (non-hydrogen) atoms. The van der Waals surface area contributed by atoms with E-state index in [1.54, 1.807) is 11.3 Å². The van der Waals surface area contributed by atoms with Gasteiger partial charge in [-0.15, -0.1) is 11.3 Å². The third-order valence-corrected chi connectivity index (χ3v) is 4.22. The first kappa shape index (κ1) is 11.4. The number of nitrogens with one attached hydrogen (secondary N) is 1. The SMILES string of the molecule is Clc1ccc2sc(CN3CCNCC3)nc2c1. The van der Waals surface area contributed by atoms with E-state index < -0.39 is 0 Å². The molecule has 0 unspecified atom stereocenters. The van der Waals surface area contributed by atoms with Crippen LogP contribution in [0.4, 0.5) is 0 Å². The van der Waals surface area contributed by atoms with Crippen molar-refractivity contribution in [3.8, 4) is 0 Å². The lowest BCUT2D eigenvalue weighted by Gasteiger charge is -2.25. The van der Waals surface area contributed by atoms with Gasteiger partial charge in [-0.1, -0.05) is 11.6 Å². The Morgan fingerprint density at radius 2 is 2.18 bits per heavy atom. The summed E-state index contributed by atoms with van der Waals surface area (Å²) in [5.41, 5.74) is 1.02. The number of hydrogen-bond donors (Lipinski definition) is 1. The minimum atomic E-state index is 0.761. The summed E-state index contributed by atoms with van der Waals surface area (Å²) in [7, 11) is 0. The zero-order valence-electron chi connectivity index (χ0n) is 9.45. The quantitative estimate of drug-likeness (QED) is 0.905. The van der Waals surface area contributed by atoms with Gasteiger partial charge in [-0.3, -0.25) is 4.90 Å². The zero-order valence-corrected chi connectivity index (χ0v) is 11.0. The second kappa shape index (κ2) is 4.90. The van der Waals surface area contributed by atoms with E-state index in [1.807, 2.05) is 12.1 Å². The van der Waals surface area contributed by atoms with E-state index in [0.29, 0.717) is 0 Å². The summed E-state index contributed by atoms with van der Waals surface area (Å²) in [5.74, 6) is 0. The molecule has 1 aliphatic rings. The van der Waals surface area contributed by atoms with E-state index in [4.69, 9.17) is 11.6 Å². The molecule has 0 atom stereocenters. The van der Waals surface area contributed by atoms with Gasteiger partial charge in [0.05, 0.1) is 16.8 Å². The number of rotatable bonds is 2. The number of fused-ring (bicyclic) bond motifs is 1. The fourth-order valence-corrected chi connectivity index (χ4v) is 3.23. The third kappa shape index (κ3) is 2.60. The van der Waals surface area contributed by atoms with Gasteiger partial charge in [-0.05, 0) is 18.2 Å². The molecule has 90 valence electrons. The highest BCUT2D eigenvalue weighted by Crippen LogP contribution is 2.25. The Bertz CT molecular complexity index is 519. The van der Waals surface area contributed by atoms with Gasteiger partial charge < -0.3 is 5.32 Å². The first-order valence-corrected chi connectivity index (χ1v) is 6.99. The molecule has 3 nitrogen and oxygen atoms in total. The molecule has 5 heteroatoms. The molecule has 0 radical (unpaired) electrons. The lowest BCUT2D eigenvalue weighted by Crippen LogP contribution is -2.42. The highest BCUT2D eigenvalue weighted by atomic mass is 35.5. The van der Waals surface area contributed by atoms with Crippen LogP contribution in [0.3, 0.4) is 0 Å². The molecule has 1 aromatic heterocycles. The first-order valence-electron chi connectivity index (χ1n) is 5.79. The molecule has 1 aromatic carbocycles. The van der Waals surface area contributed by atoms with Crippen molar-refractivity contribution in [2.75, 3.05) is 26.2 Å². The maximum absolute atomic E-state index is 5.97. The Hall–Kier alpha value is -0.680. The fraction of sp³-hybridized carbons (Fsp3) is 0.417. The van der Waals surface area contributed by atoms with Gasteiger partial charge in [0.2, 0.25) is 0 Å². The van der Waals surface area contributed by atoms with Crippen molar-refractivity contribution in [3.05, 3.63) is 28.2 Å². The van der Waals surface area contributed by atoms with Crippen LogP contribution in [-0.2, 0) is 6.54 Å². The first-order chi connectivity index (χ1) is 8.31. The predicted molar refractivity (Wildman–Crippen MR) is 72.8 cm³/mol. The summed E-state index contributed by atoms with van der Waals surface area (Å²) in [6, 6.07) is 5.92. The summed E-state index contributed by atoms with van der Waals surface area (Å²) in [6.45, 7) is 5.33. The summed E-state index contributed by atoms with van der Waals surface area (Å²) in [6.07, 6.45) is 0. The Kier molecular flexibility index (Phi) is 3.29. The molecule has 1 N–H and O–H groups in total. The van der Waals surface area contributed by atoms with E-state index in [0.717, 1.165) is 43.3 Å². The fourth-order valence-electron chi connectivity index (χ4n) is 2.08. The number of nitrogens with zero attached hydrogens (tertiary/aromatic N) is 2. The minimum Gasteiger partial charge on any atom is -0.314 e. The molecule has 2 heterocycles. The molecule has 0 aliphatic carbocycles. The van der Waals surface area contributed by atoms with Crippen LogP contribution in [0.15, 0.2) is 18.2 Å². The van der Waals surface area contributed by atoms with Gasteiger partial charge in [0.25, 0.3) is 0 Å².